The second kappa shape index (κ2) is 12.0. The van der Waals surface area contributed by atoms with Crippen molar-refractivity contribution in [3.63, 3.8) is 0 Å². The Morgan fingerprint density at radius 3 is 2.31 bits per heavy atom. The molecule has 214 valence electrons. The molecule has 1 atom stereocenters. The molecule has 3 rings (SSSR count). The van der Waals surface area contributed by atoms with Crippen molar-refractivity contribution in [2.24, 2.45) is 5.73 Å². The molecule has 2 N–H and O–H groups in total. The third-order valence-corrected chi connectivity index (χ3v) is 6.76. The highest BCUT2D eigenvalue weighted by Gasteiger charge is 2.38. The highest BCUT2D eigenvalue weighted by atomic mass is 79.9. The zero-order valence-corrected chi connectivity index (χ0v) is 25.1. The Morgan fingerprint density at radius 1 is 1.08 bits per heavy atom. The van der Waals surface area contributed by atoms with Crippen LogP contribution in [0.3, 0.4) is 0 Å². The van der Waals surface area contributed by atoms with Gasteiger partial charge in [-0.2, -0.15) is 0 Å². The van der Waals surface area contributed by atoms with Crippen molar-refractivity contribution in [2.75, 3.05) is 19.7 Å². The Balaban J connectivity index is 1.68. The number of fused-ring (bicyclic) bond motifs is 1. The first-order valence-corrected chi connectivity index (χ1v) is 13.8. The van der Waals surface area contributed by atoms with Gasteiger partial charge in [0.2, 0.25) is 5.91 Å². The van der Waals surface area contributed by atoms with Crippen LogP contribution in [0.1, 0.15) is 76.7 Å². The third kappa shape index (κ3) is 8.20. The normalized spacial score (nSPS) is 16.4. The number of carbonyl (C=O) groups is 4. The molecule has 3 amide bonds. The molecule has 2 heterocycles. The summed E-state index contributed by atoms with van der Waals surface area (Å²) in [6, 6.07) is 2.44. The maximum atomic E-state index is 13.3. The first-order chi connectivity index (χ1) is 18.1. The number of nitrogens with zero attached hydrogens (tertiary/aromatic N) is 2. The Morgan fingerprint density at radius 2 is 1.74 bits per heavy atom. The van der Waals surface area contributed by atoms with Crippen molar-refractivity contribution >= 4 is 39.8 Å². The lowest BCUT2D eigenvalue weighted by atomic mass is 10.1. The first-order valence-electron chi connectivity index (χ1n) is 13.0. The van der Waals surface area contributed by atoms with Crippen LogP contribution in [0, 0.1) is 0 Å². The Kier molecular flexibility index (Phi) is 9.35. The standard InChI is InChI=1S/C28H38BrN3O7/c1-27(2,3)38-22(33)10-9-21(24(30)34)32-15-19-18(25(32)35)7-8-20(29)23(19)37-16-17-11-13-31(14-12-17)26(36)39-28(4,5)6/h7-8,11,21H,9-10,12-16H2,1-6H3,(H2,30,34)/t21-/m0/s1. The number of ether oxygens (including phenoxy) is 3. The van der Waals surface area contributed by atoms with Crippen LogP contribution in [-0.2, 0) is 25.6 Å². The molecule has 1 aromatic rings. The van der Waals surface area contributed by atoms with E-state index in [-0.39, 0.29) is 38.0 Å². The number of hydrogen-bond acceptors (Lipinski definition) is 7. The molecular formula is C28H38BrN3O7. The fraction of sp³-hybridized carbons (Fsp3) is 0.571. The summed E-state index contributed by atoms with van der Waals surface area (Å²) in [5, 5.41) is 0. The predicted octanol–water partition coefficient (Wildman–Crippen LogP) is 4.33. The quantitative estimate of drug-likeness (QED) is 0.344. The molecular weight excluding hydrogens is 570 g/mol. The largest absolute Gasteiger partial charge is 0.488 e. The predicted molar refractivity (Wildman–Crippen MR) is 148 cm³/mol. The van der Waals surface area contributed by atoms with Crippen molar-refractivity contribution in [1.29, 1.82) is 0 Å². The van der Waals surface area contributed by atoms with Gasteiger partial charge in [-0.3, -0.25) is 14.4 Å². The van der Waals surface area contributed by atoms with Gasteiger partial charge in [0.05, 0.1) is 11.0 Å². The number of nitrogens with two attached hydrogens (primary N) is 1. The summed E-state index contributed by atoms with van der Waals surface area (Å²) >= 11 is 3.52. The van der Waals surface area contributed by atoms with Gasteiger partial charge in [-0.1, -0.05) is 6.08 Å². The Hall–Kier alpha value is -3.08. The fourth-order valence-corrected chi connectivity index (χ4v) is 4.85. The smallest absolute Gasteiger partial charge is 0.410 e. The summed E-state index contributed by atoms with van der Waals surface area (Å²) in [7, 11) is 0. The van der Waals surface area contributed by atoms with E-state index in [1.807, 2.05) is 26.8 Å². The third-order valence-electron chi connectivity index (χ3n) is 6.14. The molecule has 0 aliphatic carbocycles. The van der Waals surface area contributed by atoms with Crippen molar-refractivity contribution in [3.05, 3.63) is 39.4 Å². The zero-order chi connectivity index (χ0) is 29.1. The molecule has 10 nitrogen and oxygen atoms in total. The summed E-state index contributed by atoms with van der Waals surface area (Å²) < 4.78 is 17.6. The van der Waals surface area contributed by atoms with Gasteiger partial charge in [-0.25, -0.2) is 4.79 Å². The van der Waals surface area contributed by atoms with Crippen molar-refractivity contribution in [1.82, 2.24) is 9.80 Å². The number of carbonyl (C=O) groups excluding carboxylic acids is 4. The van der Waals surface area contributed by atoms with Crippen molar-refractivity contribution in [3.8, 4) is 5.75 Å². The second-order valence-corrected chi connectivity index (χ2v) is 12.6. The number of primary amides is 1. The van der Waals surface area contributed by atoms with Crippen LogP contribution in [0.4, 0.5) is 4.79 Å². The Labute approximate surface area is 237 Å². The lowest BCUT2D eigenvalue weighted by Crippen LogP contribution is -2.45. The van der Waals surface area contributed by atoms with Crippen LogP contribution in [0.5, 0.6) is 5.75 Å². The fourth-order valence-electron chi connectivity index (χ4n) is 4.36. The summed E-state index contributed by atoms with van der Waals surface area (Å²) in [6.07, 6.45) is 2.23. The maximum Gasteiger partial charge on any atom is 0.410 e. The number of hydrogen-bond donors (Lipinski definition) is 1. The van der Waals surface area contributed by atoms with Gasteiger partial charge in [0, 0.05) is 30.6 Å². The van der Waals surface area contributed by atoms with Crippen LogP contribution >= 0.6 is 15.9 Å². The van der Waals surface area contributed by atoms with E-state index >= 15 is 0 Å². The zero-order valence-electron chi connectivity index (χ0n) is 23.5. The molecule has 0 aromatic heterocycles. The van der Waals surface area contributed by atoms with E-state index in [9.17, 15) is 19.2 Å². The lowest BCUT2D eigenvalue weighted by Gasteiger charge is -2.29. The minimum absolute atomic E-state index is 0.0491. The van der Waals surface area contributed by atoms with Gasteiger partial charge in [-0.15, -0.1) is 0 Å². The summed E-state index contributed by atoms with van der Waals surface area (Å²) in [6.45, 7) is 12.1. The summed E-state index contributed by atoms with van der Waals surface area (Å²) in [4.78, 5) is 53.1. The van der Waals surface area contributed by atoms with E-state index < -0.39 is 29.1 Å². The molecule has 2 aliphatic rings. The molecule has 0 saturated carbocycles. The van der Waals surface area contributed by atoms with Crippen molar-refractivity contribution < 1.29 is 33.4 Å². The summed E-state index contributed by atoms with van der Waals surface area (Å²) in [5.41, 5.74) is 6.52. The van der Waals surface area contributed by atoms with E-state index in [4.69, 9.17) is 19.9 Å². The lowest BCUT2D eigenvalue weighted by molar-refractivity contribution is -0.155. The number of rotatable bonds is 8. The molecule has 0 saturated heterocycles. The minimum atomic E-state index is -0.969. The molecule has 2 aliphatic heterocycles. The van der Waals surface area contributed by atoms with Gasteiger partial charge >= 0.3 is 12.1 Å². The van der Waals surface area contributed by atoms with Gasteiger partial charge in [0.15, 0.2) is 0 Å². The molecule has 1 aromatic carbocycles. The molecule has 0 radical (unpaired) electrons. The highest BCUT2D eigenvalue weighted by molar-refractivity contribution is 9.10. The summed E-state index contributed by atoms with van der Waals surface area (Å²) in [5.74, 6) is -0.992. The second-order valence-electron chi connectivity index (χ2n) is 11.7. The van der Waals surface area contributed by atoms with Crippen LogP contribution in [-0.4, -0.2) is 70.6 Å². The van der Waals surface area contributed by atoms with E-state index in [0.717, 1.165) is 5.57 Å². The average Bonchev–Trinajstić information content (AvgIpc) is 3.12. The number of amides is 3. The molecule has 11 heteroatoms. The molecule has 0 fully saturated rings. The van der Waals surface area contributed by atoms with Gasteiger partial charge in [0.25, 0.3) is 5.91 Å². The highest BCUT2D eigenvalue weighted by Crippen LogP contribution is 2.38. The minimum Gasteiger partial charge on any atom is -0.488 e. The Bertz CT molecular complexity index is 1170. The van der Waals surface area contributed by atoms with E-state index in [0.29, 0.717) is 40.9 Å². The van der Waals surface area contributed by atoms with Crippen LogP contribution in [0.15, 0.2) is 28.3 Å². The maximum absolute atomic E-state index is 13.3. The van der Waals surface area contributed by atoms with Gasteiger partial charge < -0.3 is 29.7 Å². The van der Waals surface area contributed by atoms with E-state index in [1.54, 1.807) is 37.8 Å². The molecule has 39 heavy (non-hydrogen) atoms. The first kappa shape index (κ1) is 30.5. The number of esters is 1. The van der Waals surface area contributed by atoms with Crippen LogP contribution in [0.2, 0.25) is 0 Å². The average molecular weight is 609 g/mol. The van der Waals surface area contributed by atoms with E-state index in [1.165, 1.54) is 4.90 Å². The topological polar surface area (TPSA) is 128 Å². The van der Waals surface area contributed by atoms with Crippen molar-refractivity contribution in [2.45, 2.75) is 84.6 Å². The number of benzene rings is 1. The number of halogens is 1. The van der Waals surface area contributed by atoms with Crippen LogP contribution < -0.4 is 10.5 Å². The van der Waals surface area contributed by atoms with E-state index in [2.05, 4.69) is 15.9 Å². The monoisotopic (exact) mass is 607 g/mol. The molecule has 0 unspecified atom stereocenters. The molecule has 0 spiro atoms. The van der Waals surface area contributed by atoms with Gasteiger partial charge in [0.1, 0.15) is 29.6 Å². The van der Waals surface area contributed by atoms with Crippen LogP contribution in [0.25, 0.3) is 0 Å². The molecule has 0 bridgehead atoms. The van der Waals surface area contributed by atoms with Gasteiger partial charge in [-0.05, 0) is 88.0 Å². The SMILES string of the molecule is CC(C)(C)OC(=O)CC[C@@H](C(N)=O)N1Cc2c(ccc(Br)c2OCC2=CCN(C(=O)OC(C)(C)C)CC2)C1=O.